The van der Waals surface area contributed by atoms with Crippen LogP contribution in [0.25, 0.3) is 0 Å². The average molecular weight is 353 g/mol. The number of nitrogens with zero attached hydrogens (tertiary/aromatic N) is 1. The van der Waals surface area contributed by atoms with Gasteiger partial charge in [0.1, 0.15) is 11.9 Å². The Morgan fingerprint density at radius 2 is 1.95 bits per heavy atom. The van der Waals surface area contributed by atoms with Crippen molar-refractivity contribution in [3.05, 3.63) is 62.7 Å². The molecule has 1 atom stereocenters. The molecular formula is C15H14BrFN2O2. The van der Waals surface area contributed by atoms with Gasteiger partial charge in [-0.3, -0.25) is 9.59 Å². The predicted molar refractivity (Wildman–Crippen MR) is 82.9 cm³/mol. The van der Waals surface area contributed by atoms with Gasteiger partial charge in [-0.15, -0.1) is 0 Å². The van der Waals surface area contributed by atoms with Crippen molar-refractivity contribution in [2.24, 2.45) is 0 Å². The summed E-state index contributed by atoms with van der Waals surface area (Å²) in [6, 6.07) is 6.47. The van der Waals surface area contributed by atoms with Gasteiger partial charge < -0.3 is 9.88 Å². The standard InChI is InChI=1S/C15H14BrFN2O2/c1-9-7-13(16)15(21)19(8-9)10(2)14(20)18-12-5-3-11(17)4-6-12/h3-8,10H,1-2H3,(H,18,20). The molecule has 4 nitrogen and oxygen atoms in total. The molecule has 2 rings (SSSR count). The maximum Gasteiger partial charge on any atom is 0.265 e. The van der Waals surface area contributed by atoms with E-state index in [2.05, 4.69) is 21.2 Å². The zero-order valence-corrected chi connectivity index (χ0v) is 13.1. The second-order valence-corrected chi connectivity index (χ2v) is 5.60. The van der Waals surface area contributed by atoms with Crippen LogP contribution in [0.5, 0.6) is 0 Å². The molecule has 1 N–H and O–H groups in total. The van der Waals surface area contributed by atoms with Gasteiger partial charge in [0, 0.05) is 11.9 Å². The van der Waals surface area contributed by atoms with Gasteiger partial charge >= 0.3 is 0 Å². The Balaban J connectivity index is 2.23. The normalized spacial score (nSPS) is 12.0. The number of halogens is 2. The van der Waals surface area contributed by atoms with Crippen LogP contribution in [-0.2, 0) is 4.79 Å². The highest BCUT2D eigenvalue weighted by Gasteiger charge is 2.17. The van der Waals surface area contributed by atoms with E-state index >= 15 is 0 Å². The molecule has 0 fully saturated rings. The molecule has 6 heteroatoms. The van der Waals surface area contributed by atoms with Crippen molar-refractivity contribution < 1.29 is 9.18 Å². The maximum atomic E-state index is 12.8. The predicted octanol–water partition coefficient (Wildman–Crippen LogP) is 3.26. The van der Waals surface area contributed by atoms with E-state index in [1.807, 2.05) is 6.92 Å². The van der Waals surface area contributed by atoms with Crippen molar-refractivity contribution in [2.45, 2.75) is 19.9 Å². The topological polar surface area (TPSA) is 51.1 Å². The number of rotatable bonds is 3. The summed E-state index contributed by atoms with van der Waals surface area (Å²) in [5.41, 5.74) is 1.07. The number of carbonyl (C=O) groups is 1. The first-order chi connectivity index (χ1) is 9.88. The first-order valence-electron chi connectivity index (χ1n) is 6.33. The number of nitrogens with one attached hydrogen (secondary N) is 1. The number of amides is 1. The molecule has 1 unspecified atom stereocenters. The second kappa shape index (κ2) is 6.22. The van der Waals surface area contributed by atoms with Crippen molar-refractivity contribution in [1.82, 2.24) is 4.57 Å². The van der Waals surface area contributed by atoms with Gasteiger partial charge in [-0.2, -0.15) is 0 Å². The van der Waals surface area contributed by atoms with Crippen LogP contribution in [0.15, 0.2) is 45.8 Å². The van der Waals surface area contributed by atoms with Crippen molar-refractivity contribution in [3.63, 3.8) is 0 Å². The number of benzene rings is 1. The number of anilines is 1. The Labute approximate surface area is 129 Å². The van der Waals surface area contributed by atoms with Gasteiger partial charge in [-0.25, -0.2) is 4.39 Å². The number of aromatic nitrogens is 1. The molecule has 2 aromatic rings. The highest BCUT2D eigenvalue weighted by molar-refractivity contribution is 9.10. The molecule has 0 radical (unpaired) electrons. The van der Waals surface area contributed by atoms with Crippen LogP contribution in [0.4, 0.5) is 10.1 Å². The molecule has 110 valence electrons. The molecule has 0 aliphatic rings. The summed E-state index contributed by atoms with van der Waals surface area (Å²) in [5, 5.41) is 2.65. The van der Waals surface area contributed by atoms with Crippen LogP contribution < -0.4 is 10.9 Å². The number of hydrogen-bond donors (Lipinski definition) is 1. The second-order valence-electron chi connectivity index (χ2n) is 4.75. The quantitative estimate of drug-likeness (QED) is 0.921. The third-order valence-corrected chi connectivity index (χ3v) is 3.61. The molecule has 0 spiro atoms. The Hall–Kier alpha value is -1.95. The van der Waals surface area contributed by atoms with E-state index in [0.717, 1.165) is 5.56 Å². The highest BCUT2D eigenvalue weighted by Crippen LogP contribution is 2.14. The Morgan fingerprint density at radius 1 is 1.33 bits per heavy atom. The molecule has 0 aliphatic heterocycles. The van der Waals surface area contributed by atoms with E-state index in [9.17, 15) is 14.0 Å². The first-order valence-corrected chi connectivity index (χ1v) is 7.12. The van der Waals surface area contributed by atoms with Gasteiger partial charge in [0.05, 0.1) is 4.47 Å². The van der Waals surface area contributed by atoms with Crippen LogP contribution >= 0.6 is 15.9 Å². The van der Waals surface area contributed by atoms with Crippen molar-refractivity contribution in [2.75, 3.05) is 5.32 Å². The van der Waals surface area contributed by atoms with Crippen LogP contribution in [0, 0.1) is 12.7 Å². The van der Waals surface area contributed by atoms with Crippen LogP contribution in [-0.4, -0.2) is 10.5 Å². The smallest absolute Gasteiger partial charge is 0.265 e. The molecule has 0 bridgehead atoms. The molecule has 0 saturated heterocycles. The minimum atomic E-state index is -0.682. The maximum absolute atomic E-state index is 12.8. The van der Waals surface area contributed by atoms with Gasteiger partial charge in [-0.1, -0.05) is 0 Å². The van der Waals surface area contributed by atoms with E-state index in [1.165, 1.54) is 28.8 Å². The lowest BCUT2D eigenvalue weighted by Crippen LogP contribution is -2.31. The molecule has 1 amide bonds. The third kappa shape index (κ3) is 3.58. The Bertz CT molecular complexity index is 725. The summed E-state index contributed by atoms with van der Waals surface area (Å²) in [4.78, 5) is 24.2. The summed E-state index contributed by atoms with van der Waals surface area (Å²) in [6.07, 6.45) is 1.63. The largest absolute Gasteiger partial charge is 0.324 e. The van der Waals surface area contributed by atoms with Crippen molar-refractivity contribution >= 4 is 27.5 Å². The lowest BCUT2D eigenvalue weighted by Gasteiger charge is -2.16. The molecule has 0 aliphatic carbocycles. The molecule has 1 aromatic heterocycles. The van der Waals surface area contributed by atoms with E-state index in [4.69, 9.17) is 0 Å². The number of pyridine rings is 1. The molecule has 1 heterocycles. The number of aryl methyl sites for hydroxylation is 1. The van der Waals surface area contributed by atoms with Gasteiger partial charge in [-0.05, 0) is 65.7 Å². The SMILES string of the molecule is Cc1cc(Br)c(=O)n(C(C)C(=O)Nc2ccc(F)cc2)c1. The van der Waals surface area contributed by atoms with Gasteiger partial charge in [0.25, 0.3) is 5.56 Å². The number of carbonyl (C=O) groups excluding carboxylic acids is 1. The minimum Gasteiger partial charge on any atom is -0.324 e. The van der Waals surface area contributed by atoms with Gasteiger partial charge in [0.2, 0.25) is 5.91 Å². The van der Waals surface area contributed by atoms with Crippen LogP contribution in [0.1, 0.15) is 18.5 Å². The fourth-order valence-corrected chi connectivity index (χ4v) is 2.46. The lowest BCUT2D eigenvalue weighted by molar-refractivity contribution is -0.118. The first kappa shape index (κ1) is 15.4. The van der Waals surface area contributed by atoms with Crippen molar-refractivity contribution in [1.29, 1.82) is 0 Å². The van der Waals surface area contributed by atoms with Crippen LogP contribution in [0.3, 0.4) is 0 Å². The summed E-state index contributed by atoms with van der Waals surface area (Å²) < 4.78 is 14.6. The summed E-state index contributed by atoms with van der Waals surface area (Å²) in [5.74, 6) is -0.721. The highest BCUT2D eigenvalue weighted by atomic mass is 79.9. The third-order valence-electron chi connectivity index (χ3n) is 3.04. The zero-order valence-electron chi connectivity index (χ0n) is 11.6. The lowest BCUT2D eigenvalue weighted by atomic mass is 10.2. The fraction of sp³-hybridized carbons (Fsp3) is 0.200. The van der Waals surface area contributed by atoms with Gasteiger partial charge in [0.15, 0.2) is 0 Å². The monoisotopic (exact) mass is 352 g/mol. The summed E-state index contributed by atoms with van der Waals surface area (Å²) >= 11 is 3.18. The zero-order chi connectivity index (χ0) is 15.6. The molecule has 21 heavy (non-hydrogen) atoms. The summed E-state index contributed by atoms with van der Waals surface area (Å²) in [6.45, 7) is 3.47. The molecule has 0 saturated carbocycles. The van der Waals surface area contributed by atoms with Crippen molar-refractivity contribution in [3.8, 4) is 0 Å². The average Bonchev–Trinajstić information content (AvgIpc) is 2.44. The van der Waals surface area contributed by atoms with E-state index in [-0.39, 0.29) is 17.3 Å². The fourth-order valence-electron chi connectivity index (χ4n) is 1.89. The van der Waals surface area contributed by atoms with Crippen LogP contribution in [0.2, 0.25) is 0 Å². The summed E-state index contributed by atoms with van der Waals surface area (Å²) in [7, 11) is 0. The Kier molecular flexibility index (Phi) is 4.57. The van der Waals surface area contributed by atoms with E-state index in [1.54, 1.807) is 19.2 Å². The van der Waals surface area contributed by atoms with E-state index < -0.39 is 6.04 Å². The molecule has 1 aromatic carbocycles. The molecular weight excluding hydrogens is 339 g/mol. The minimum absolute atomic E-state index is 0.276. The van der Waals surface area contributed by atoms with E-state index in [0.29, 0.717) is 10.2 Å². The number of hydrogen-bond acceptors (Lipinski definition) is 2. The Morgan fingerprint density at radius 3 is 2.57 bits per heavy atom.